The maximum atomic E-state index is 5.15. The van der Waals surface area contributed by atoms with E-state index in [0.29, 0.717) is 0 Å². The number of hydrogen-bond acceptors (Lipinski definition) is 2. The molecule has 1 aromatic heterocycles. The molecule has 13 heavy (non-hydrogen) atoms. The largest absolute Gasteiger partial charge is 0.466 e. The fraction of sp³-hybridized carbons (Fsp3) is 0. The Kier molecular flexibility index (Phi) is 1.96. The van der Waals surface area contributed by atoms with Crippen molar-refractivity contribution in [3.63, 3.8) is 0 Å². The van der Waals surface area contributed by atoms with Crippen LogP contribution in [0.15, 0.2) is 49.4 Å². The maximum absolute atomic E-state index is 5.15. The molecule has 2 aromatic rings. The SMILES string of the molecule is C=COc1ccc2ncccc2c1. The van der Waals surface area contributed by atoms with Crippen LogP contribution in [0.25, 0.3) is 10.9 Å². The van der Waals surface area contributed by atoms with Gasteiger partial charge in [-0.25, -0.2) is 0 Å². The van der Waals surface area contributed by atoms with Crippen molar-refractivity contribution < 1.29 is 4.74 Å². The van der Waals surface area contributed by atoms with Crippen molar-refractivity contribution in [2.24, 2.45) is 0 Å². The Morgan fingerprint density at radius 2 is 2.23 bits per heavy atom. The highest BCUT2D eigenvalue weighted by atomic mass is 16.5. The summed E-state index contributed by atoms with van der Waals surface area (Å²) in [6.07, 6.45) is 3.19. The Labute approximate surface area is 76.5 Å². The molecule has 0 atom stereocenters. The lowest BCUT2D eigenvalue weighted by Crippen LogP contribution is -1.82. The quantitative estimate of drug-likeness (QED) is 0.648. The van der Waals surface area contributed by atoms with Gasteiger partial charge in [0.15, 0.2) is 0 Å². The zero-order valence-corrected chi connectivity index (χ0v) is 7.10. The van der Waals surface area contributed by atoms with E-state index in [9.17, 15) is 0 Å². The summed E-state index contributed by atoms with van der Waals surface area (Å²) < 4.78 is 5.15. The van der Waals surface area contributed by atoms with Crippen LogP contribution < -0.4 is 4.74 Å². The Bertz CT molecular complexity index is 437. The van der Waals surface area contributed by atoms with Crippen LogP contribution in [0.5, 0.6) is 5.75 Å². The zero-order valence-electron chi connectivity index (χ0n) is 7.10. The van der Waals surface area contributed by atoms with Crippen molar-refractivity contribution in [1.29, 1.82) is 0 Å². The molecule has 1 aromatic carbocycles. The number of nitrogens with zero attached hydrogens (tertiary/aromatic N) is 1. The van der Waals surface area contributed by atoms with Crippen LogP contribution in [-0.2, 0) is 0 Å². The molecule has 0 aliphatic rings. The van der Waals surface area contributed by atoms with Gasteiger partial charge in [0.1, 0.15) is 5.75 Å². The Morgan fingerprint density at radius 3 is 3.08 bits per heavy atom. The van der Waals surface area contributed by atoms with Crippen LogP contribution in [-0.4, -0.2) is 4.98 Å². The van der Waals surface area contributed by atoms with Gasteiger partial charge < -0.3 is 4.74 Å². The van der Waals surface area contributed by atoms with Gasteiger partial charge in [0.25, 0.3) is 0 Å². The first-order valence-corrected chi connectivity index (χ1v) is 4.02. The molecule has 0 aliphatic heterocycles. The minimum absolute atomic E-state index is 0.788. The van der Waals surface area contributed by atoms with Crippen LogP contribution in [0.3, 0.4) is 0 Å². The average molecular weight is 171 g/mol. The van der Waals surface area contributed by atoms with Crippen LogP contribution in [0.1, 0.15) is 0 Å². The standard InChI is InChI=1S/C11H9NO/c1-2-13-10-5-6-11-9(8-10)4-3-7-12-11/h2-8H,1H2. The van der Waals surface area contributed by atoms with Gasteiger partial charge in [0.2, 0.25) is 0 Å². The lowest BCUT2D eigenvalue weighted by atomic mass is 10.2. The Balaban J connectivity index is 2.55. The maximum Gasteiger partial charge on any atom is 0.127 e. The van der Waals surface area contributed by atoms with Crippen molar-refractivity contribution in [3.05, 3.63) is 49.4 Å². The molecule has 0 aliphatic carbocycles. The van der Waals surface area contributed by atoms with Gasteiger partial charge in [0.05, 0.1) is 11.8 Å². The van der Waals surface area contributed by atoms with Crippen molar-refractivity contribution in [3.8, 4) is 5.75 Å². The van der Waals surface area contributed by atoms with Crippen LogP contribution >= 0.6 is 0 Å². The van der Waals surface area contributed by atoms with Crippen molar-refractivity contribution in [2.75, 3.05) is 0 Å². The topological polar surface area (TPSA) is 22.1 Å². The molecule has 2 heteroatoms. The van der Waals surface area contributed by atoms with E-state index in [-0.39, 0.29) is 0 Å². The first-order valence-electron chi connectivity index (χ1n) is 4.02. The fourth-order valence-corrected chi connectivity index (χ4v) is 1.22. The number of pyridine rings is 1. The molecule has 64 valence electrons. The van der Waals surface area contributed by atoms with Gasteiger partial charge >= 0.3 is 0 Å². The number of aromatic nitrogens is 1. The normalized spacial score (nSPS) is 9.85. The number of rotatable bonds is 2. The van der Waals surface area contributed by atoms with E-state index < -0.39 is 0 Å². The van der Waals surface area contributed by atoms with Gasteiger partial charge in [-0.15, -0.1) is 0 Å². The van der Waals surface area contributed by atoms with Gasteiger partial charge in [-0.3, -0.25) is 4.98 Å². The predicted octanol–water partition coefficient (Wildman–Crippen LogP) is 2.76. The van der Waals surface area contributed by atoms with E-state index in [2.05, 4.69) is 11.6 Å². The molecule has 2 nitrogen and oxygen atoms in total. The highest BCUT2D eigenvalue weighted by Gasteiger charge is 1.95. The minimum Gasteiger partial charge on any atom is -0.466 e. The predicted molar refractivity (Wildman–Crippen MR) is 52.6 cm³/mol. The zero-order chi connectivity index (χ0) is 9.10. The second-order valence-electron chi connectivity index (χ2n) is 2.64. The Morgan fingerprint density at radius 1 is 1.31 bits per heavy atom. The van der Waals surface area contributed by atoms with Gasteiger partial charge in [-0.05, 0) is 24.3 Å². The summed E-state index contributed by atoms with van der Waals surface area (Å²) >= 11 is 0. The minimum atomic E-state index is 0.788. The highest BCUT2D eigenvalue weighted by Crippen LogP contribution is 2.18. The third-order valence-corrected chi connectivity index (χ3v) is 1.79. The summed E-state index contributed by atoms with van der Waals surface area (Å²) in [5.41, 5.74) is 0.971. The van der Waals surface area contributed by atoms with E-state index in [4.69, 9.17) is 4.74 Å². The van der Waals surface area contributed by atoms with E-state index in [1.54, 1.807) is 6.20 Å². The molecule has 0 fully saturated rings. The van der Waals surface area contributed by atoms with Crippen molar-refractivity contribution in [1.82, 2.24) is 4.98 Å². The van der Waals surface area contributed by atoms with Gasteiger partial charge in [-0.1, -0.05) is 12.6 Å². The molecule has 0 unspecified atom stereocenters. The third-order valence-electron chi connectivity index (χ3n) is 1.79. The number of hydrogen-bond donors (Lipinski definition) is 0. The van der Waals surface area contributed by atoms with Crippen LogP contribution in [0.4, 0.5) is 0 Å². The van der Waals surface area contributed by atoms with E-state index in [0.717, 1.165) is 16.7 Å². The first kappa shape index (κ1) is 7.80. The molecule has 0 spiro atoms. The van der Waals surface area contributed by atoms with Gasteiger partial charge in [-0.2, -0.15) is 0 Å². The Hall–Kier alpha value is -1.83. The van der Waals surface area contributed by atoms with E-state index >= 15 is 0 Å². The average Bonchev–Trinajstić information content (AvgIpc) is 2.18. The molecule has 0 amide bonds. The monoisotopic (exact) mass is 171 g/mol. The summed E-state index contributed by atoms with van der Waals surface area (Å²) in [7, 11) is 0. The molecule has 0 saturated carbocycles. The van der Waals surface area contributed by atoms with Crippen molar-refractivity contribution in [2.45, 2.75) is 0 Å². The van der Waals surface area contributed by atoms with Gasteiger partial charge in [0, 0.05) is 11.6 Å². The third kappa shape index (κ3) is 1.51. The summed E-state index contributed by atoms with van der Waals surface area (Å²) in [5.74, 6) is 0.788. The molecule has 0 bridgehead atoms. The van der Waals surface area contributed by atoms with Crippen LogP contribution in [0.2, 0.25) is 0 Å². The van der Waals surface area contributed by atoms with E-state index in [1.807, 2.05) is 30.3 Å². The fourth-order valence-electron chi connectivity index (χ4n) is 1.22. The molecule has 0 radical (unpaired) electrons. The molecule has 1 heterocycles. The summed E-state index contributed by atoms with van der Waals surface area (Å²) in [5, 5.41) is 1.07. The highest BCUT2D eigenvalue weighted by molar-refractivity contribution is 5.79. The second-order valence-corrected chi connectivity index (χ2v) is 2.64. The number of benzene rings is 1. The molecule has 2 rings (SSSR count). The first-order chi connectivity index (χ1) is 6.40. The molecule has 0 N–H and O–H groups in total. The summed E-state index contributed by atoms with van der Waals surface area (Å²) in [6, 6.07) is 9.63. The lowest BCUT2D eigenvalue weighted by Gasteiger charge is -2.00. The van der Waals surface area contributed by atoms with E-state index in [1.165, 1.54) is 6.26 Å². The van der Waals surface area contributed by atoms with Crippen LogP contribution in [0, 0.1) is 0 Å². The molecular weight excluding hydrogens is 162 g/mol. The summed E-state index contributed by atoms with van der Waals surface area (Å²) in [6.45, 7) is 3.50. The second kappa shape index (κ2) is 3.27. The lowest BCUT2D eigenvalue weighted by molar-refractivity contribution is 0.484. The van der Waals surface area contributed by atoms with Crippen molar-refractivity contribution >= 4 is 10.9 Å². The summed E-state index contributed by atoms with van der Waals surface area (Å²) in [4.78, 5) is 4.20. The number of fused-ring (bicyclic) bond motifs is 1. The molecule has 0 saturated heterocycles. The smallest absolute Gasteiger partial charge is 0.127 e. The number of ether oxygens (including phenoxy) is 1. The molecular formula is C11H9NO.